The molecule has 0 aliphatic heterocycles. The molecule has 2 atom stereocenters. The van der Waals surface area contributed by atoms with Gasteiger partial charge in [0.15, 0.2) is 6.10 Å². The van der Waals surface area contributed by atoms with Crippen molar-refractivity contribution in [3.05, 3.63) is 59.4 Å². The zero-order valence-electron chi connectivity index (χ0n) is 15.0. The highest BCUT2D eigenvalue weighted by Crippen LogP contribution is 2.23. The summed E-state index contributed by atoms with van der Waals surface area (Å²) in [7, 11) is 0. The lowest BCUT2D eigenvalue weighted by atomic mass is 10.0. The van der Waals surface area contributed by atoms with Crippen LogP contribution in [0.4, 0.5) is 0 Å². The van der Waals surface area contributed by atoms with Crippen molar-refractivity contribution in [2.45, 2.75) is 32.9 Å². The number of ether oxygens (including phenoxy) is 1. The van der Waals surface area contributed by atoms with E-state index in [2.05, 4.69) is 15.3 Å². The number of aromatic amines is 1. The van der Waals surface area contributed by atoms with Gasteiger partial charge in [0.05, 0.1) is 17.1 Å². The summed E-state index contributed by atoms with van der Waals surface area (Å²) in [5.41, 5.74) is 1.83. The maximum atomic E-state index is 12.6. The van der Waals surface area contributed by atoms with E-state index in [4.69, 9.17) is 16.3 Å². The van der Waals surface area contributed by atoms with Crippen LogP contribution in [0, 0.1) is 5.92 Å². The first-order chi connectivity index (χ1) is 12.4. The van der Waals surface area contributed by atoms with E-state index >= 15 is 0 Å². The van der Waals surface area contributed by atoms with Crippen LogP contribution in [0.2, 0.25) is 5.02 Å². The zero-order valence-corrected chi connectivity index (χ0v) is 15.7. The molecule has 0 radical (unpaired) electrons. The molecule has 1 aromatic heterocycles. The largest absolute Gasteiger partial charge is 0.481 e. The third-order valence-electron chi connectivity index (χ3n) is 4.16. The quantitative estimate of drug-likeness (QED) is 0.670. The number of amides is 1. The molecule has 0 saturated carbocycles. The molecule has 5 nitrogen and oxygen atoms in total. The van der Waals surface area contributed by atoms with Gasteiger partial charge in [-0.15, -0.1) is 0 Å². The third-order valence-corrected chi connectivity index (χ3v) is 4.41. The summed E-state index contributed by atoms with van der Waals surface area (Å²) in [6, 6.07) is 14.5. The summed E-state index contributed by atoms with van der Waals surface area (Å²) in [5.74, 6) is 1.32. The highest BCUT2D eigenvalue weighted by Gasteiger charge is 2.25. The van der Waals surface area contributed by atoms with Crippen LogP contribution in [0.15, 0.2) is 48.5 Å². The molecule has 26 heavy (non-hydrogen) atoms. The lowest BCUT2D eigenvalue weighted by Crippen LogP contribution is -2.40. The summed E-state index contributed by atoms with van der Waals surface area (Å²) in [5, 5.41) is 3.67. The number of aromatic nitrogens is 2. The molecule has 3 rings (SSSR count). The van der Waals surface area contributed by atoms with Gasteiger partial charge in [0.1, 0.15) is 11.6 Å². The van der Waals surface area contributed by atoms with Crippen LogP contribution in [0.25, 0.3) is 11.0 Å². The molecule has 0 fully saturated rings. The van der Waals surface area contributed by atoms with Gasteiger partial charge in [0, 0.05) is 5.02 Å². The molecule has 0 spiro atoms. The van der Waals surface area contributed by atoms with E-state index in [0.717, 1.165) is 16.9 Å². The number of carbonyl (C=O) groups excluding carboxylic acids is 1. The van der Waals surface area contributed by atoms with Gasteiger partial charge in [0.2, 0.25) is 0 Å². The summed E-state index contributed by atoms with van der Waals surface area (Å²) in [4.78, 5) is 20.5. The second-order valence-electron chi connectivity index (χ2n) is 6.58. The predicted octanol–water partition coefficient (Wildman–Crippen LogP) is 4.50. The van der Waals surface area contributed by atoms with E-state index in [1.54, 1.807) is 31.2 Å². The Bertz CT molecular complexity index is 856. The Hall–Kier alpha value is -2.53. The Morgan fingerprint density at radius 1 is 1.12 bits per heavy atom. The number of fused-ring (bicyclic) bond motifs is 1. The highest BCUT2D eigenvalue weighted by atomic mass is 35.5. The number of nitrogens with zero attached hydrogens (tertiary/aromatic N) is 1. The molecular weight excluding hydrogens is 350 g/mol. The zero-order chi connectivity index (χ0) is 18.7. The van der Waals surface area contributed by atoms with Crippen LogP contribution in [-0.2, 0) is 4.79 Å². The second-order valence-corrected chi connectivity index (χ2v) is 7.02. The number of halogens is 1. The van der Waals surface area contributed by atoms with E-state index in [1.165, 1.54) is 0 Å². The van der Waals surface area contributed by atoms with Crippen LogP contribution >= 0.6 is 11.6 Å². The molecule has 2 unspecified atom stereocenters. The monoisotopic (exact) mass is 371 g/mol. The Labute approximate surface area is 157 Å². The minimum absolute atomic E-state index is 0.169. The average Bonchev–Trinajstić information content (AvgIpc) is 3.04. The van der Waals surface area contributed by atoms with Gasteiger partial charge in [-0.1, -0.05) is 37.6 Å². The predicted molar refractivity (Wildman–Crippen MR) is 103 cm³/mol. The SMILES string of the molecule is CC(Oc1ccc(Cl)cc1)C(=O)NC(c1nc2ccccc2[nH]1)C(C)C. The average molecular weight is 372 g/mol. The fourth-order valence-corrected chi connectivity index (χ4v) is 2.84. The summed E-state index contributed by atoms with van der Waals surface area (Å²) in [6.07, 6.45) is -0.637. The summed E-state index contributed by atoms with van der Waals surface area (Å²) >= 11 is 5.87. The van der Waals surface area contributed by atoms with Gasteiger partial charge in [0.25, 0.3) is 5.91 Å². The lowest BCUT2D eigenvalue weighted by Gasteiger charge is -2.23. The molecule has 3 aromatic rings. The fraction of sp³-hybridized carbons (Fsp3) is 0.300. The first-order valence-corrected chi connectivity index (χ1v) is 8.99. The van der Waals surface area contributed by atoms with Crippen molar-refractivity contribution in [1.82, 2.24) is 15.3 Å². The van der Waals surface area contributed by atoms with Crippen molar-refractivity contribution in [2.75, 3.05) is 0 Å². The van der Waals surface area contributed by atoms with Gasteiger partial charge in [-0.3, -0.25) is 4.79 Å². The first kappa shape index (κ1) is 18.3. The molecule has 0 bridgehead atoms. The Balaban J connectivity index is 1.72. The Kier molecular flexibility index (Phi) is 5.47. The van der Waals surface area contributed by atoms with Crippen molar-refractivity contribution in [2.24, 2.45) is 5.92 Å². The number of nitrogens with one attached hydrogen (secondary N) is 2. The number of para-hydroxylation sites is 2. The van der Waals surface area contributed by atoms with Gasteiger partial charge < -0.3 is 15.0 Å². The lowest BCUT2D eigenvalue weighted by molar-refractivity contribution is -0.128. The van der Waals surface area contributed by atoms with Crippen LogP contribution in [0.5, 0.6) is 5.75 Å². The summed E-state index contributed by atoms with van der Waals surface area (Å²) in [6.45, 7) is 5.81. The molecule has 2 aromatic carbocycles. The van der Waals surface area contributed by atoms with E-state index in [1.807, 2.05) is 38.1 Å². The molecule has 136 valence electrons. The molecular formula is C20H22ClN3O2. The number of hydrogen-bond acceptors (Lipinski definition) is 3. The molecule has 6 heteroatoms. The number of benzene rings is 2. The van der Waals surface area contributed by atoms with Crippen molar-refractivity contribution in [3.63, 3.8) is 0 Å². The van der Waals surface area contributed by atoms with Crippen molar-refractivity contribution in [1.29, 1.82) is 0 Å². The molecule has 0 aliphatic carbocycles. The Morgan fingerprint density at radius 2 is 1.81 bits per heavy atom. The molecule has 2 N–H and O–H groups in total. The third kappa shape index (κ3) is 4.17. The highest BCUT2D eigenvalue weighted by molar-refractivity contribution is 6.30. The van der Waals surface area contributed by atoms with Crippen LogP contribution in [-0.4, -0.2) is 22.0 Å². The number of H-pyrrole nitrogens is 1. The minimum atomic E-state index is -0.637. The number of hydrogen-bond donors (Lipinski definition) is 2. The van der Waals surface area contributed by atoms with Crippen molar-refractivity contribution >= 4 is 28.5 Å². The molecule has 0 aliphatic rings. The smallest absolute Gasteiger partial charge is 0.261 e. The van der Waals surface area contributed by atoms with Crippen LogP contribution in [0.1, 0.15) is 32.6 Å². The van der Waals surface area contributed by atoms with E-state index in [9.17, 15) is 4.79 Å². The molecule has 0 saturated heterocycles. The second kappa shape index (κ2) is 7.79. The molecule has 1 amide bonds. The Morgan fingerprint density at radius 3 is 2.46 bits per heavy atom. The van der Waals surface area contributed by atoms with Crippen molar-refractivity contribution < 1.29 is 9.53 Å². The van der Waals surface area contributed by atoms with E-state index in [-0.39, 0.29) is 17.9 Å². The van der Waals surface area contributed by atoms with Gasteiger partial charge >= 0.3 is 0 Å². The maximum Gasteiger partial charge on any atom is 0.261 e. The normalized spacial score (nSPS) is 13.6. The number of imidazole rings is 1. The minimum Gasteiger partial charge on any atom is -0.481 e. The van der Waals surface area contributed by atoms with E-state index < -0.39 is 6.10 Å². The van der Waals surface area contributed by atoms with Gasteiger partial charge in [-0.25, -0.2) is 4.98 Å². The van der Waals surface area contributed by atoms with Crippen LogP contribution < -0.4 is 10.1 Å². The van der Waals surface area contributed by atoms with Crippen LogP contribution in [0.3, 0.4) is 0 Å². The first-order valence-electron chi connectivity index (χ1n) is 8.61. The standard InChI is InChI=1S/C20H22ClN3O2/c1-12(2)18(19-22-16-6-4-5-7-17(16)23-19)24-20(25)13(3)26-15-10-8-14(21)9-11-15/h4-13,18H,1-3H3,(H,22,23)(H,24,25). The number of carbonyl (C=O) groups is 1. The number of rotatable bonds is 6. The topological polar surface area (TPSA) is 67.0 Å². The molecule has 1 heterocycles. The van der Waals surface area contributed by atoms with E-state index in [0.29, 0.717) is 10.8 Å². The van der Waals surface area contributed by atoms with Gasteiger partial charge in [-0.2, -0.15) is 0 Å². The van der Waals surface area contributed by atoms with Crippen molar-refractivity contribution in [3.8, 4) is 5.75 Å². The fourth-order valence-electron chi connectivity index (χ4n) is 2.71. The summed E-state index contributed by atoms with van der Waals surface area (Å²) < 4.78 is 5.71. The maximum absolute atomic E-state index is 12.6. The van der Waals surface area contributed by atoms with Gasteiger partial charge in [-0.05, 0) is 49.2 Å².